The van der Waals surface area contributed by atoms with E-state index in [1.54, 1.807) is 12.1 Å². The molecule has 2 aromatic rings. The largest absolute Gasteiger partial charge is 0.459 e. The number of benzene rings is 1. The van der Waals surface area contributed by atoms with Gasteiger partial charge in [-0.05, 0) is 30.5 Å². The molecule has 0 fully saturated rings. The van der Waals surface area contributed by atoms with Crippen LogP contribution in [0.25, 0.3) is 0 Å². The number of halogens is 4. The summed E-state index contributed by atoms with van der Waals surface area (Å²) in [6.07, 6.45) is 2.94. The van der Waals surface area contributed by atoms with Crippen LogP contribution in [0, 0.1) is 0 Å². The number of anilines is 1. The lowest BCUT2D eigenvalue weighted by atomic mass is 10.0. The van der Waals surface area contributed by atoms with E-state index in [2.05, 4.69) is 36.0 Å². The van der Waals surface area contributed by atoms with Crippen molar-refractivity contribution in [2.45, 2.75) is 37.7 Å². The van der Waals surface area contributed by atoms with E-state index in [1.165, 1.54) is 18.5 Å². The lowest BCUT2D eigenvalue weighted by Gasteiger charge is -2.20. The van der Waals surface area contributed by atoms with Gasteiger partial charge >= 0.3 is 5.02 Å². The highest BCUT2D eigenvalue weighted by molar-refractivity contribution is 9.09. The zero-order valence-corrected chi connectivity index (χ0v) is 15.5. The van der Waals surface area contributed by atoms with Crippen molar-refractivity contribution in [3.8, 4) is 5.75 Å². The van der Waals surface area contributed by atoms with Gasteiger partial charge in [-0.2, -0.15) is 8.78 Å². The van der Waals surface area contributed by atoms with E-state index in [4.69, 9.17) is 11.6 Å². The van der Waals surface area contributed by atoms with E-state index in [0.717, 1.165) is 17.7 Å². The van der Waals surface area contributed by atoms with Gasteiger partial charge in [-0.1, -0.05) is 37.6 Å². The topological polar surface area (TPSA) is 47.0 Å². The van der Waals surface area contributed by atoms with Gasteiger partial charge in [0.1, 0.15) is 22.9 Å². The van der Waals surface area contributed by atoms with Gasteiger partial charge in [0.15, 0.2) is 0 Å². The molecular weight excluding hydrogens is 404 g/mol. The first-order chi connectivity index (χ1) is 11.3. The molecule has 8 heteroatoms. The van der Waals surface area contributed by atoms with Crippen molar-refractivity contribution in [3.05, 3.63) is 46.9 Å². The molecule has 0 amide bonds. The molecule has 0 bridgehead atoms. The van der Waals surface area contributed by atoms with Crippen molar-refractivity contribution in [2.24, 2.45) is 0 Å². The van der Waals surface area contributed by atoms with Crippen molar-refractivity contribution in [3.63, 3.8) is 0 Å². The first-order valence-corrected chi connectivity index (χ1v) is 8.62. The minimum atomic E-state index is -3.39. The van der Waals surface area contributed by atoms with E-state index < -0.39 is 5.02 Å². The highest BCUT2D eigenvalue weighted by atomic mass is 79.9. The van der Waals surface area contributed by atoms with Crippen LogP contribution in [0.1, 0.15) is 37.6 Å². The Balaban J connectivity index is 2.17. The number of aryl methyl sites for hydroxylation is 1. The Morgan fingerprint density at radius 1 is 1.25 bits per heavy atom. The molecule has 1 aromatic carbocycles. The second kappa shape index (κ2) is 8.07. The van der Waals surface area contributed by atoms with Crippen molar-refractivity contribution >= 4 is 33.3 Å². The predicted octanol–water partition coefficient (Wildman–Crippen LogP) is 5.58. The Kier molecular flexibility index (Phi) is 6.34. The number of nitrogens with zero attached hydrogens (tertiary/aromatic N) is 2. The molecule has 0 saturated carbocycles. The second-order valence-corrected chi connectivity index (χ2v) is 6.36. The van der Waals surface area contributed by atoms with Crippen LogP contribution in [0.3, 0.4) is 0 Å². The van der Waals surface area contributed by atoms with Crippen LogP contribution >= 0.6 is 27.5 Å². The molecule has 0 aliphatic carbocycles. The number of hydrogen-bond donors (Lipinski definition) is 1. The van der Waals surface area contributed by atoms with Crippen molar-refractivity contribution < 1.29 is 13.5 Å². The Hall–Kier alpha value is -1.47. The fourth-order valence-electron chi connectivity index (χ4n) is 2.24. The Labute approximate surface area is 152 Å². The maximum Gasteiger partial charge on any atom is 0.459 e. The SMILES string of the molecule is CCc1ncnc(NC(CC)c2ccc(OC(F)(F)Br)cc2)c1Cl. The first kappa shape index (κ1) is 18.9. The third-order valence-corrected chi connectivity index (χ3v) is 3.99. The second-order valence-electron chi connectivity index (χ2n) is 5.06. The summed E-state index contributed by atoms with van der Waals surface area (Å²) in [7, 11) is 0. The Morgan fingerprint density at radius 2 is 1.92 bits per heavy atom. The Morgan fingerprint density at radius 3 is 2.46 bits per heavy atom. The molecule has 0 spiro atoms. The molecule has 1 unspecified atom stereocenters. The summed E-state index contributed by atoms with van der Waals surface area (Å²) in [6.45, 7) is 3.97. The highest BCUT2D eigenvalue weighted by Crippen LogP contribution is 2.31. The zero-order chi connectivity index (χ0) is 17.7. The van der Waals surface area contributed by atoms with Gasteiger partial charge in [0.25, 0.3) is 0 Å². The summed E-state index contributed by atoms with van der Waals surface area (Å²) in [4.78, 5) is 8.32. The minimum absolute atomic E-state index is 0.0689. The van der Waals surface area contributed by atoms with Crippen LogP contribution in [0.2, 0.25) is 5.02 Å². The molecule has 1 N–H and O–H groups in total. The molecule has 1 atom stereocenters. The number of alkyl halides is 3. The highest BCUT2D eigenvalue weighted by Gasteiger charge is 2.26. The molecule has 1 aromatic heterocycles. The van der Waals surface area contributed by atoms with Gasteiger partial charge in [-0.25, -0.2) is 9.97 Å². The molecule has 130 valence electrons. The van der Waals surface area contributed by atoms with Crippen LogP contribution in [-0.4, -0.2) is 15.0 Å². The molecule has 4 nitrogen and oxygen atoms in total. The van der Waals surface area contributed by atoms with Gasteiger partial charge in [0.05, 0.1) is 11.7 Å². The summed E-state index contributed by atoms with van der Waals surface area (Å²) >= 11 is 8.44. The molecular formula is C16H17BrClF2N3O. The number of ether oxygens (including phenoxy) is 1. The van der Waals surface area contributed by atoms with E-state index >= 15 is 0 Å². The number of rotatable bonds is 7. The number of hydrogen-bond acceptors (Lipinski definition) is 4. The van der Waals surface area contributed by atoms with E-state index in [0.29, 0.717) is 17.3 Å². The Bertz CT molecular complexity index is 680. The molecule has 0 aliphatic heterocycles. The fraction of sp³-hybridized carbons (Fsp3) is 0.375. The van der Waals surface area contributed by atoms with Crippen LogP contribution in [0.5, 0.6) is 5.75 Å². The van der Waals surface area contributed by atoms with Crippen LogP contribution in [0.15, 0.2) is 30.6 Å². The van der Waals surface area contributed by atoms with Gasteiger partial charge in [-0.15, -0.1) is 0 Å². The fourth-order valence-corrected chi connectivity index (χ4v) is 2.71. The average Bonchev–Trinajstić information content (AvgIpc) is 2.53. The lowest BCUT2D eigenvalue weighted by molar-refractivity contribution is -0.0803. The van der Waals surface area contributed by atoms with Crippen LogP contribution in [0.4, 0.5) is 14.6 Å². The summed E-state index contributed by atoms with van der Waals surface area (Å²) in [5, 5.41) is 0.385. The normalized spacial score (nSPS) is 12.8. The first-order valence-electron chi connectivity index (χ1n) is 7.45. The van der Waals surface area contributed by atoms with E-state index in [1.807, 2.05) is 13.8 Å². The summed E-state index contributed by atoms with van der Waals surface area (Å²) in [6, 6.07) is 6.37. The van der Waals surface area contributed by atoms with Gasteiger partial charge < -0.3 is 10.1 Å². The molecule has 24 heavy (non-hydrogen) atoms. The third-order valence-electron chi connectivity index (χ3n) is 3.43. The van der Waals surface area contributed by atoms with Gasteiger partial charge in [0, 0.05) is 15.9 Å². The van der Waals surface area contributed by atoms with Gasteiger partial charge in [-0.3, -0.25) is 0 Å². The predicted molar refractivity (Wildman–Crippen MR) is 94.0 cm³/mol. The monoisotopic (exact) mass is 419 g/mol. The molecule has 0 radical (unpaired) electrons. The number of aromatic nitrogens is 2. The summed E-state index contributed by atoms with van der Waals surface area (Å²) in [5.74, 6) is 0.631. The quantitative estimate of drug-likeness (QED) is 0.594. The van der Waals surface area contributed by atoms with Crippen LogP contribution < -0.4 is 10.1 Å². The van der Waals surface area contributed by atoms with Crippen LogP contribution in [-0.2, 0) is 6.42 Å². The van der Waals surface area contributed by atoms with E-state index in [-0.39, 0.29) is 11.8 Å². The maximum absolute atomic E-state index is 12.8. The smallest absolute Gasteiger partial charge is 0.424 e. The molecule has 0 saturated heterocycles. The minimum Gasteiger partial charge on any atom is -0.424 e. The maximum atomic E-state index is 12.8. The molecule has 0 aliphatic rings. The molecule has 1 heterocycles. The summed E-state index contributed by atoms with van der Waals surface area (Å²) < 4.78 is 30.0. The van der Waals surface area contributed by atoms with E-state index in [9.17, 15) is 8.78 Å². The standard InChI is InChI=1S/C16H17BrClF2N3O/c1-3-12(23-15-14(18)13(4-2)21-9-22-15)10-5-7-11(8-6-10)24-16(17,19)20/h5-9,12H,3-4H2,1-2H3,(H,21,22,23). The third kappa shape index (κ3) is 5.01. The van der Waals surface area contributed by atoms with Gasteiger partial charge in [0.2, 0.25) is 0 Å². The average molecular weight is 421 g/mol. The van der Waals surface area contributed by atoms with Crippen molar-refractivity contribution in [1.29, 1.82) is 0 Å². The zero-order valence-electron chi connectivity index (χ0n) is 13.2. The number of nitrogens with one attached hydrogen (secondary N) is 1. The lowest BCUT2D eigenvalue weighted by Crippen LogP contribution is -2.15. The molecule has 2 rings (SSSR count). The summed E-state index contributed by atoms with van der Waals surface area (Å²) in [5.41, 5.74) is 1.68. The van der Waals surface area contributed by atoms with Crippen molar-refractivity contribution in [2.75, 3.05) is 5.32 Å². The van der Waals surface area contributed by atoms with Crippen molar-refractivity contribution in [1.82, 2.24) is 9.97 Å².